The molecule has 0 aliphatic rings. The van der Waals surface area contributed by atoms with Gasteiger partial charge in [-0.2, -0.15) is 0 Å². The number of carbonyl (C=O) groups is 3. The quantitative estimate of drug-likeness (QED) is 0.436. The predicted molar refractivity (Wildman–Crippen MR) is 121 cm³/mol. The molecule has 0 heterocycles. The Balaban J connectivity index is 1.73. The molecule has 9 heteroatoms. The Hall–Kier alpha value is -3.49. The molecular weight excluding hydrogens is 424 g/mol. The minimum Gasteiger partial charge on any atom is -0.366 e. The highest BCUT2D eigenvalue weighted by atomic mass is 35.5. The van der Waals surface area contributed by atoms with Crippen LogP contribution in [0.5, 0.6) is 0 Å². The lowest BCUT2D eigenvalue weighted by Crippen LogP contribution is -2.27. The number of amides is 4. The number of rotatable bonds is 5. The molecule has 30 heavy (non-hydrogen) atoms. The summed E-state index contributed by atoms with van der Waals surface area (Å²) in [5.41, 5.74) is 7.06. The van der Waals surface area contributed by atoms with Crippen LogP contribution in [-0.2, 0) is 0 Å². The van der Waals surface area contributed by atoms with Gasteiger partial charge in [-0.15, -0.1) is 0 Å². The first-order valence-electron chi connectivity index (χ1n) is 8.71. The summed E-state index contributed by atoms with van der Waals surface area (Å²) >= 11 is 10.6. The van der Waals surface area contributed by atoms with Gasteiger partial charge in [0, 0.05) is 11.1 Å². The highest BCUT2D eigenvalue weighted by Gasteiger charge is 2.16. The Bertz CT molecular complexity index is 1090. The Morgan fingerprint density at radius 2 is 1.40 bits per heavy atom. The Morgan fingerprint density at radius 1 is 0.800 bits per heavy atom. The molecule has 0 radical (unpaired) electrons. The summed E-state index contributed by atoms with van der Waals surface area (Å²) in [6.07, 6.45) is 0. The number of anilines is 3. The maximum atomic E-state index is 12.5. The van der Waals surface area contributed by atoms with Gasteiger partial charge in [-0.25, -0.2) is 9.10 Å². The Kier molecular flexibility index (Phi) is 6.61. The van der Waals surface area contributed by atoms with E-state index in [9.17, 15) is 14.4 Å². The summed E-state index contributed by atoms with van der Waals surface area (Å²) in [5, 5.41) is 5.52. The molecule has 0 saturated carbocycles. The van der Waals surface area contributed by atoms with Gasteiger partial charge >= 0.3 is 6.03 Å². The maximum absolute atomic E-state index is 12.5. The number of thiol groups is 1. The lowest BCUT2D eigenvalue weighted by Gasteiger charge is -2.18. The highest BCUT2D eigenvalue weighted by molar-refractivity contribution is 7.82. The molecule has 0 aliphatic heterocycles. The van der Waals surface area contributed by atoms with E-state index in [0.717, 1.165) is 4.31 Å². The van der Waals surface area contributed by atoms with E-state index < -0.39 is 11.9 Å². The zero-order valence-electron chi connectivity index (χ0n) is 15.5. The fraction of sp³-hybridized carbons (Fsp3) is 0. The second-order valence-corrected chi connectivity index (χ2v) is 6.92. The lowest BCUT2D eigenvalue weighted by atomic mass is 10.2. The van der Waals surface area contributed by atoms with Gasteiger partial charge in [0.15, 0.2) is 0 Å². The molecule has 0 fully saturated rings. The number of primary amides is 1. The molecule has 0 unspecified atom stereocenters. The van der Waals surface area contributed by atoms with Crippen LogP contribution in [0.15, 0.2) is 72.8 Å². The fourth-order valence-electron chi connectivity index (χ4n) is 2.56. The van der Waals surface area contributed by atoms with Crippen LogP contribution < -0.4 is 20.7 Å². The van der Waals surface area contributed by atoms with Crippen molar-refractivity contribution < 1.29 is 14.4 Å². The number of halogens is 1. The number of hydrogen-bond acceptors (Lipinski definition) is 4. The summed E-state index contributed by atoms with van der Waals surface area (Å²) in [7, 11) is 0. The van der Waals surface area contributed by atoms with Crippen molar-refractivity contribution in [1.82, 2.24) is 0 Å². The SMILES string of the molecule is NC(=O)c1ccc(N(S)C(=O)Nc2cccc(NC(=O)c3ccccc3)c2Cl)cc1. The maximum Gasteiger partial charge on any atom is 0.336 e. The van der Waals surface area contributed by atoms with E-state index in [1.54, 1.807) is 42.5 Å². The van der Waals surface area contributed by atoms with Gasteiger partial charge in [-0.3, -0.25) is 9.59 Å². The summed E-state index contributed by atoms with van der Waals surface area (Å²) < 4.78 is 1.05. The summed E-state index contributed by atoms with van der Waals surface area (Å²) in [5.74, 6) is -0.899. The van der Waals surface area contributed by atoms with Crippen molar-refractivity contribution in [3.63, 3.8) is 0 Å². The minimum absolute atomic E-state index is 0.168. The van der Waals surface area contributed by atoms with Gasteiger partial charge in [-0.05, 0) is 48.5 Å². The van der Waals surface area contributed by atoms with E-state index in [2.05, 4.69) is 23.4 Å². The molecule has 7 nitrogen and oxygen atoms in total. The van der Waals surface area contributed by atoms with Crippen molar-refractivity contribution in [3.8, 4) is 0 Å². The second kappa shape index (κ2) is 9.34. The topological polar surface area (TPSA) is 105 Å². The molecular formula is C21H17ClN4O3S. The number of nitrogens with zero attached hydrogens (tertiary/aromatic N) is 1. The zero-order chi connectivity index (χ0) is 21.7. The number of urea groups is 1. The summed E-state index contributed by atoms with van der Waals surface area (Å²) in [6.45, 7) is 0. The number of benzene rings is 3. The third-order valence-corrected chi connectivity index (χ3v) is 4.93. The first-order valence-corrected chi connectivity index (χ1v) is 9.49. The molecule has 0 aromatic heterocycles. The molecule has 3 rings (SSSR count). The predicted octanol–water partition coefficient (Wildman–Crippen LogP) is 4.57. The fourth-order valence-corrected chi connectivity index (χ4v) is 2.97. The first-order chi connectivity index (χ1) is 14.4. The lowest BCUT2D eigenvalue weighted by molar-refractivity contribution is 0.0997. The van der Waals surface area contributed by atoms with Crippen molar-refractivity contribution in [3.05, 3.63) is 88.9 Å². The Labute approximate surface area is 183 Å². The minimum atomic E-state index is -0.585. The van der Waals surface area contributed by atoms with Crippen LogP contribution in [0.1, 0.15) is 20.7 Å². The molecule has 4 amide bonds. The number of carbonyl (C=O) groups excluding carboxylic acids is 3. The van der Waals surface area contributed by atoms with Crippen LogP contribution in [0.2, 0.25) is 5.02 Å². The molecule has 3 aromatic rings. The summed E-state index contributed by atoms with van der Waals surface area (Å²) in [6, 6.07) is 19.0. The molecule has 0 aliphatic carbocycles. The highest BCUT2D eigenvalue weighted by Crippen LogP contribution is 2.31. The molecule has 0 spiro atoms. The van der Waals surface area contributed by atoms with E-state index in [1.165, 1.54) is 24.3 Å². The normalized spacial score (nSPS) is 10.2. The number of nitrogens with one attached hydrogen (secondary N) is 2. The third-order valence-electron chi connectivity index (χ3n) is 4.11. The third kappa shape index (κ3) is 4.91. The van der Waals surface area contributed by atoms with Crippen LogP contribution in [0, 0.1) is 0 Å². The van der Waals surface area contributed by atoms with Crippen molar-refractivity contribution in [2.75, 3.05) is 14.9 Å². The first kappa shape index (κ1) is 21.2. The van der Waals surface area contributed by atoms with Gasteiger partial charge in [0.25, 0.3) is 5.91 Å². The van der Waals surface area contributed by atoms with Gasteiger partial charge in [-0.1, -0.05) is 48.7 Å². The molecule has 0 saturated heterocycles. The Morgan fingerprint density at radius 3 is 2.00 bits per heavy atom. The molecule has 4 N–H and O–H groups in total. The number of hydrogen-bond donors (Lipinski definition) is 4. The van der Waals surface area contributed by atoms with Crippen molar-refractivity contribution in [2.24, 2.45) is 5.73 Å². The van der Waals surface area contributed by atoms with Crippen LogP contribution in [-0.4, -0.2) is 17.8 Å². The van der Waals surface area contributed by atoms with Crippen LogP contribution in [0.25, 0.3) is 0 Å². The van der Waals surface area contributed by atoms with E-state index in [-0.39, 0.29) is 10.9 Å². The van der Waals surface area contributed by atoms with E-state index in [4.69, 9.17) is 17.3 Å². The summed E-state index contributed by atoms with van der Waals surface area (Å²) in [4.78, 5) is 36.1. The van der Waals surface area contributed by atoms with Crippen molar-refractivity contribution in [2.45, 2.75) is 0 Å². The van der Waals surface area contributed by atoms with Gasteiger partial charge in [0.05, 0.1) is 22.1 Å². The molecule has 3 aromatic carbocycles. The average Bonchev–Trinajstić information content (AvgIpc) is 2.76. The standard InChI is InChI=1S/C21H17ClN4O3S/c22-18-16(24-20(28)14-5-2-1-3-6-14)7-4-8-17(18)25-21(29)26(30)15-11-9-13(10-12-15)19(23)27/h1-12,30H,(H2,23,27)(H,24,28)(H,25,29). The van der Waals surface area contributed by atoms with Crippen LogP contribution >= 0.6 is 24.4 Å². The molecule has 152 valence electrons. The van der Waals surface area contributed by atoms with E-state index in [1.807, 2.05) is 6.07 Å². The monoisotopic (exact) mass is 440 g/mol. The van der Waals surface area contributed by atoms with Gasteiger partial charge in [0.2, 0.25) is 5.91 Å². The van der Waals surface area contributed by atoms with Gasteiger partial charge in [0.1, 0.15) is 0 Å². The molecule has 0 bridgehead atoms. The molecule has 0 atom stereocenters. The smallest absolute Gasteiger partial charge is 0.336 e. The zero-order valence-corrected chi connectivity index (χ0v) is 17.2. The average molecular weight is 441 g/mol. The van der Waals surface area contributed by atoms with Crippen LogP contribution in [0.4, 0.5) is 21.9 Å². The van der Waals surface area contributed by atoms with Crippen molar-refractivity contribution in [1.29, 1.82) is 0 Å². The van der Waals surface area contributed by atoms with E-state index in [0.29, 0.717) is 28.2 Å². The van der Waals surface area contributed by atoms with Crippen LogP contribution in [0.3, 0.4) is 0 Å². The van der Waals surface area contributed by atoms with Gasteiger partial charge < -0.3 is 16.4 Å². The van der Waals surface area contributed by atoms with Crippen molar-refractivity contribution >= 4 is 59.3 Å². The van der Waals surface area contributed by atoms with E-state index >= 15 is 0 Å². The number of nitrogens with two attached hydrogens (primary N) is 1. The largest absolute Gasteiger partial charge is 0.366 e. The second-order valence-electron chi connectivity index (χ2n) is 6.14.